The number of hydrogen-bond donors (Lipinski definition) is 1. The minimum Gasteiger partial charge on any atom is -0.383 e. The zero-order valence-electron chi connectivity index (χ0n) is 10.7. The highest BCUT2D eigenvalue weighted by Gasteiger charge is 2.14. The van der Waals surface area contributed by atoms with Crippen LogP contribution in [0.4, 0.5) is 5.82 Å². The van der Waals surface area contributed by atoms with E-state index in [1.807, 2.05) is 13.2 Å². The Hall–Kier alpha value is -1.77. The number of rotatable bonds is 3. The molecule has 0 saturated heterocycles. The molecule has 1 heterocycles. The van der Waals surface area contributed by atoms with Gasteiger partial charge in [0.05, 0.1) is 6.20 Å². The summed E-state index contributed by atoms with van der Waals surface area (Å²) in [7, 11) is 1.87. The van der Waals surface area contributed by atoms with Crippen LogP contribution in [0.15, 0.2) is 24.4 Å². The highest BCUT2D eigenvalue weighted by atomic mass is 15.3. The highest BCUT2D eigenvalue weighted by molar-refractivity contribution is 5.78. The summed E-state index contributed by atoms with van der Waals surface area (Å²) in [6.45, 7) is 4.34. The lowest BCUT2D eigenvalue weighted by atomic mass is 9.93. The van der Waals surface area contributed by atoms with E-state index in [4.69, 9.17) is 5.73 Å². The molecule has 1 aromatic carbocycles. The van der Waals surface area contributed by atoms with Gasteiger partial charge in [-0.1, -0.05) is 32.0 Å². The van der Waals surface area contributed by atoms with Gasteiger partial charge in [-0.2, -0.15) is 5.10 Å². The number of aryl methyl sites for hydroxylation is 3. The van der Waals surface area contributed by atoms with E-state index in [9.17, 15) is 0 Å². The predicted molar refractivity (Wildman–Crippen MR) is 71.8 cm³/mol. The van der Waals surface area contributed by atoms with Gasteiger partial charge in [-0.15, -0.1) is 0 Å². The van der Waals surface area contributed by atoms with Gasteiger partial charge in [0.2, 0.25) is 0 Å². The van der Waals surface area contributed by atoms with Crippen molar-refractivity contribution in [1.82, 2.24) is 9.78 Å². The van der Waals surface area contributed by atoms with Crippen LogP contribution in [0.5, 0.6) is 0 Å². The topological polar surface area (TPSA) is 43.8 Å². The van der Waals surface area contributed by atoms with Crippen molar-refractivity contribution in [3.8, 4) is 11.1 Å². The fourth-order valence-electron chi connectivity index (χ4n) is 2.23. The molecule has 90 valence electrons. The average molecular weight is 229 g/mol. The van der Waals surface area contributed by atoms with Gasteiger partial charge in [-0.3, -0.25) is 4.68 Å². The molecule has 2 aromatic rings. The maximum atomic E-state index is 6.08. The Labute approximate surface area is 102 Å². The van der Waals surface area contributed by atoms with Crippen LogP contribution in [0.2, 0.25) is 0 Å². The number of anilines is 1. The molecule has 3 heteroatoms. The molecule has 0 atom stereocenters. The minimum absolute atomic E-state index is 0.737. The second-order valence-electron chi connectivity index (χ2n) is 4.23. The van der Waals surface area contributed by atoms with E-state index in [0.29, 0.717) is 0 Å². The first-order valence-corrected chi connectivity index (χ1v) is 6.07. The Morgan fingerprint density at radius 3 is 2.18 bits per heavy atom. The Morgan fingerprint density at radius 2 is 1.76 bits per heavy atom. The van der Waals surface area contributed by atoms with Crippen molar-refractivity contribution < 1.29 is 0 Å². The summed E-state index contributed by atoms with van der Waals surface area (Å²) >= 11 is 0. The average Bonchev–Trinajstić information content (AvgIpc) is 2.69. The Balaban J connectivity index is 2.68. The zero-order chi connectivity index (χ0) is 12.4. The molecule has 3 nitrogen and oxygen atoms in total. The second-order valence-corrected chi connectivity index (χ2v) is 4.23. The van der Waals surface area contributed by atoms with Crippen LogP contribution in [0.3, 0.4) is 0 Å². The van der Waals surface area contributed by atoms with Gasteiger partial charge in [0.25, 0.3) is 0 Å². The minimum atomic E-state index is 0.737. The molecule has 2 rings (SSSR count). The van der Waals surface area contributed by atoms with E-state index in [2.05, 4.69) is 37.1 Å². The van der Waals surface area contributed by atoms with E-state index in [0.717, 1.165) is 24.2 Å². The zero-order valence-corrected chi connectivity index (χ0v) is 10.7. The van der Waals surface area contributed by atoms with Crippen molar-refractivity contribution >= 4 is 5.82 Å². The summed E-state index contributed by atoms with van der Waals surface area (Å²) in [5, 5.41) is 4.24. The molecule has 0 unspecified atom stereocenters. The maximum absolute atomic E-state index is 6.08. The van der Waals surface area contributed by atoms with Gasteiger partial charge < -0.3 is 5.73 Å². The fourth-order valence-corrected chi connectivity index (χ4v) is 2.23. The summed E-state index contributed by atoms with van der Waals surface area (Å²) in [5.74, 6) is 0.737. The van der Waals surface area contributed by atoms with Crippen molar-refractivity contribution in [2.24, 2.45) is 7.05 Å². The van der Waals surface area contributed by atoms with Crippen LogP contribution in [0.25, 0.3) is 11.1 Å². The van der Waals surface area contributed by atoms with Crippen LogP contribution in [0.1, 0.15) is 25.0 Å². The molecular weight excluding hydrogens is 210 g/mol. The van der Waals surface area contributed by atoms with Crippen LogP contribution >= 0.6 is 0 Å². The quantitative estimate of drug-likeness (QED) is 0.879. The lowest BCUT2D eigenvalue weighted by Crippen LogP contribution is -2.00. The van der Waals surface area contributed by atoms with Crippen LogP contribution in [0, 0.1) is 0 Å². The third kappa shape index (κ3) is 1.93. The van der Waals surface area contributed by atoms with Crippen molar-refractivity contribution in [3.05, 3.63) is 35.5 Å². The molecule has 0 spiro atoms. The first-order chi connectivity index (χ1) is 8.19. The molecular formula is C14H19N3. The van der Waals surface area contributed by atoms with Crippen molar-refractivity contribution in [3.63, 3.8) is 0 Å². The smallest absolute Gasteiger partial charge is 0.129 e. The van der Waals surface area contributed by atoms with Crippen LogP contribution in [-0.2, 0) is 19.9 Å². The lowest BCUT2D eigenvalue weighted by molar-refractivity contribution is 0.779. The van der Waals surface area contributed by atoms with Crippen molar-refractivity contribution in [2.45, 2.75) is 26.7 Å². The van der Waals surface area contributed by atoms with Gasteiger partial charge >= 0.3 is 0 Å². The number of hydrogen-bond acceptors (Lipinski definition) is 2. The molecule has 0 bridgehead atoms. The SMILES string of the molecule is CCc1cccc(CC)c1-c1cnn(C)c1N. The summed E-state index contributed by atoms with van der Waals surface area (Å²) in [6.07, 6.45) is 3.89. The Kier molecular flexibility index (Phi) is 3.18. The molecule has 0 radical (unpaired) electrons. The third-order valence-corrected chi connectivity index (χ3v) is 3.25. The van der Waals surface area contributed by atoms with Gasteiger partial charge in [-0.05, 0) is 29.5 Å². The third-order valence-electron chi connectivity index (χ3n) is 3.25. The molecule has 0 amide bonds. The first kappa shape index (κ1) is 11.7. The predicted octanol–water partition coefficient (Wildman–Crippen LogP) is 2.79. The normalized spacial score (nSPS) is 10.8. The number of benzene rings is 1. The largest absolute Gasteiger partial charge is 0.383 e. The molecule has 0 aliphatic rings. The summed E-state index contributed by atoms with van der Waals surface area (Å²) in [6, 6.07) is 6.45. The van der Waals surface area contributed by atoms with Gasteiger partial charge in [-0.25, -0.2) is 0 Å². The molecule has 1 aromatic heterocycles. The Morgan fingerprint density at radius 1 is 1.18 bits per heavy atom. The molecule has 17 heavy (non-hydrogen) atoms. The number of aromatic nitrogens is 2. The number of nitrogens with two attached hydrogens (primary N) is 1. The summed E-state index contributed by atoms with van der Waals surface area (Å²) in [4.78, 5) is 0. The maximum Gasteiger partial charge on any atom is 0.129 e. The molecule has 0 saturated carbocycles. The highest BCUT2D eigenvalue weighted by Crippen LogP contribution is 2.32. The van der Waals surface area contributed by atoms with E-state index in [1.165, 1.54) is 16.7 Å². The Bertz CT molecular complexity index is 504. The monoisotopic (exact) mass is 229 g/mol. The van der Waals surface area contributed by atoms with E-state index in [1.54, 1.807) is 4.68 Å². The number of nitrogens with zero attached hydrogens (tertiary/aromatic N) is 2. The second kappa shape index (κ2) is 4.62. The summed E-state index contributed by atoms with van der Waals surface area (Å²) < 4.78 is 1.72. The molecule has 0 aliphatic carbocycles. The molecule has 0 aliphatic heterocycles. The van der Waals surface area contributed by atoms with Gasteiger partial charge in [0.15, 0.2) is 0 Å². The van der Waals surface area contributed by atoms with Crippen LogP contribution in [-0.4, -0.2) is 9.78 Å². The molecule has 0 fully saturated rings. The van der Waals surface area contributed by atoms with Crippen LogP contribution < -0.4 is 5.73 Å². The van der Waals surface area contributed by atoms with Gasteiger partial charge in [0, 0.05) is 12.6 Å². The van der Waals surface area contributed by atoms with E-state index >= 15 is 0 Å². The van der Waals surface area contributed by atoms with E-state index in [-0.39, 0.29) is 0 Å². The molecule has 2 N–H and O–H groups in total. The fraction of sp³-hybridized carbons (Fsp3) is 0.357. The standard InChI is InChI=1S/C14H19N3/c1-4-10-7-6-8-11(5-2)13(10)12-9-16-17(3)14(12)15/h6-9H,4-5,15H2,1-3H3. The van der Waals surface area contributed by atoms with Crippen molar-refractivity contribution in [1.29, 1.82) is 0 Å². The lowest BCUT2D eigenvalue weighted by Gasteiger charge is -2.12. The van der Waals surface area contributed by atoms with E-state index < -0.39 is 0 Å². The first-order valence-electron chi connectivity index (χ1n) is 6.07. The number of nitrogen functional groups attached to an aromatic ring is 1. The van der Waals surface area contributed by atoms with Crippen molar-refractivity contribution in [2.75, 3.05) is 5.73 Å². The van der Waals surface area contributed by atoms with Gasteiger partial charge in [0.1, 0.15) is 5.82 Å². The summed E-state index contributed by atoms with van der Waals surface area (Å²) in [5.41, 5.74) is 11.1.